The highest BCUT2D eigenvalue weighted by molar-refractivity contribution is 7.13. The van der Waals surface area contributed by atoms with Crippen LogP contribution in [0.1, 0.15) is 49.4 Å². The van der Waals surface area contributed by atoms with Gasteiger partial charge in [0.25, 0.3) is 5.91 Å². The molecule has 1 N–H and O–H groups in total. The minimum absolute atomic E-state index is 0.0765. The third-order valence-corrected chi connectivity index (χ3v) is 6.03. The molecule has 6 heteroatoms. The molecule has 3 heterocycles. The number of H-pyrrole nitrogens is 1. The normalized spacial score (nSPS) is 23.8. The minimum atomic E-state index is 0.0765. The number of nitrogens with zero attached hydrogens (tertiary/aromatic N) is 2. The van der Waals surface area contributed by atoms with Crippen molar-refractivity contribution in [3.8, 4) is 10.6 Å². The topological polar surface area (TPSA) is 58.2 Å². The summed E-state index contributed by atoms with van der Waals surface area (Å²) in [6.45, 7) is 3.60. The lowest BCUT2D eigenvalue weighted by molar-refractivity contribution is -0.0874. The van der Waals surface area contributed by atoms with Crippen molar-refractivity contribution in [1.29, 1.82) is 0 Å². The van der Waals surface area contributed by atoms with E-state index < -0.39 is 0 Å². The summed E-state index contributed by atoms with van der Waals surface area (Å²) in [5.74, 6) is 0.716. The number of carbonyl (C=O) groups excluding carboxylic acids is 1. The lowest BCUT2D eigenvalue weighted by Crippen LogP contribution is -2.50. The van der Waals surface area contributed by atoms with E-state index in [0.717, 1.165) is 29.8 Å². The van der Waals surface area contributed by atoms with Gasteiger partial charge in [0, 0.05) is 13.1 Å². The van der Waals surface area contributed by atoms with E-state index in [4.69, 9.17) is 4.74 Å². The quantitative estimate of drug-likeness (QED) is 0.850. The largest absolute Gasteiger partial charge is 0.371 e. The first kappa shape index (κ1) is 16.8. The maximum Gasteiger partial charge on any atom is 0.257 e. The van der Waals surface area contributed by atoms with E-state index in [-0.39, 0.29) is 18.1 Å². The van der Waals surface area contributed by atoms with E-state index in [1.807, 2.05) is 22.4 Å². The third-order valence-electron chi connectivity index (χ3n) is 5.14. The molecule has 1 aliphatic carbocycles. The van der Waals surface area contributed by atoms with Crippen LogP contribution in [-0.4, -0.2) is 46.3 Å². The van der Waals surface area contributed by atoms with Crippen molar-refractivity contribution in [3.63, 3.8) is 0 Å². The Labute approximate surface area is 152 Å². The number of aromatic nitrogens is 2. The number of ether oxygens (including phenoxy) is 1. The van der Waals surface area contributed by atoms with Crippen LogP contribution in [0.25, 0.3) is 10.6 Å². The number of nitrogens with one attached hydrogen (secondary N) is 1. The third kappa shape index (κ3) is 3.65. The second-order valence-electron chi connectivity index (χ2n) is 7.12. The lowest BCUT2D eigenvalue weighted by Gasteiger charge is -2.38. The van der Waals surface area contributed by atoms with E-state index in [1.54, 1.807) is 17.5 Å². The van der Waals surface area contributed by atoms with Gasteiger partial charge < -0.3 is 9.64 Å². The van der Waals surface area contributed by atoms with Crippen LogP contribution >= 0.6 is 11.3 Å². The van der Waals surface area contributed by atoms with Crippen LogP contribution in [0.4, 0.5) is 0 Å². The monoisotopic (exact) mass is 359 g/mol. The maximum absolute atomic E-state index is 13.2. The Morgan fingerprint density at radius 2 is 2.32 bits per heavy atom. The number of hydrogen-bond donors (Lipinski definition) is 1. The summed E-state index contributed by atoms with van der Waals surface area (Å²) in [7, 11) is 0. The molecule has 0 spiro atoms. The molecular formula is C19H25N3O2S. The standard InChI is InChI=1S/C19H25N3O2S/c1-2-3-5-14-11-22(12-16(24-14)13-7-8-13)19(23)15-10-20-21-18(15)17-6-4-9-25-17/h4,6,9-10,13-14,16H,2-3,5,7-8,11-12H2,1H3,(H,20,21)/t14-,16-/m1/s1. The summed E-state index contributed by atoms with van der Waals surface area (Å²) >= 11 is 1.62. The lowest BCUT2D eigenvalue weighted by atomic mass is 10.1. The highest BCUT2D eigenvalue weighted by atomic mass is 32.1. The Kier molecular flexibility index (Phi) is 4.90. The molecule has 4 rings (SSSR count). The maximum atomic E-state index is 13.2. The van der Waals surface area contributed by atoms with Crippen molar-refractivity contribution in [2.24, 2.45) is 5.92 Å². The second-order valence-corrected chi connectivity index (χ2v) is 8.07. The SMILES string of the molecule is CCCC[C@@H]1CN(C(=O)c2cn[nH]c2-c2cccs2)C[C@H](C2CC2)O1. The highest BCUT2D eigenvalue weighted by Crippen LogP contribution is 2.38. The molecule has 0 unspecified atom stereocenters. The van der Waals surface area contributed by atoms with Crippen molar-refractivity contribution in [2.75, 3.05) is 13.1 Å². The second kappa shape index (κ2) is 7.30. The van der Waals surface area contributed by atoms with Gasteiger partial charge in [0.15, 0.2) is 0 Å². The number of aromatic amines is 1. The van der Waals surface area contributed by atoms with E-state index in [1.165, 1.54) is 12.8 Å². The Morgan fingerprint density at radius 3 is 3.04 bits per heavy atom. The number of carbonyl (C=O) groups is 1. The average Bonchev–Trinajstić information content (AvgIpc) is 3.14. The Hall–Kier alpha value is -1.66. The Balaban J connectivity index is 1.53. The molecule has 2 fully saturated rings. The summed E-state index contributed by atoms with van der Waals surface area (Å²) in [6.07, 6.45) is 7.85. The molecule has 5 nitrogen and oxygen atoms in total. The zero-order valence-electron chi connectivity index (χ0n) is 14.6. The Bertz CT molecular complexity index is 708. The summed E-state index contributed by atoms with van der Waals surface area (Å²) in [5.41, 5.74) is 1.51. The van der Waals surface area contributed by atoms with Gasteiger partial charge in [0.2, 0.25) is 0 Å². The van der Waals surface area contributed by atoms with E-state index >= 15 is 0 Å². The molecule has 25 heavy (non-hydrogen) atoms. The summed E-state index contributed by atoms with van der Waals surface area (Å²) < 4.78 is 6.30. The molecule has 1 amide bonds. The Morgan fingerprint density at radius 1 is 1.44 bits per heavy atom. The van der Waals surface area contributed by atoms with Crippen LogP contribution in [-0.2, 0) is 4.74 Å². The van der Waals surface area contributed by atoms with Gasteiger partial charge in [0.1, 0.15) is 0 Å². The first-order valence-electron chi connectivity index (χ1n) is 9.28. The number of thiophene rings is 1. The molecular weight excluding hydrogens is 334 g/mol. The molecule has 2 aromatic heterocycles. The van der Waals surface area contributed by atoms with Crippen LogP contribution in [0, 0.1) is 5.92 Å². The van der Waals surface area contributed by atoms with Crippen molar-refractivity contribution in [1.82, 2.24) is 15.1 Å². The van der Waals surface area contributed by atoms with Crippen molar-refractivity contribution in [3.05, 3.63) is 29.3 Å². The highest BCUT2D eigenvalue weighted by Gasteiger charge is 2.40. The fourth-order valence-electron chi connectivity index (χ4n) is 3.58. The van der Waals surface area contributed by atoms with Gasteiger partial charge in [-0.1, -0.05) is 25.8 Å². The van der Waals surface area contributed by atoms with Crippen LogP contribution in [0.15, 0.2) is 23.7 Å². The molecule has 134 valence electrons. The zero-order valence-corrected chi connectivity index (χ0v) is 15.4. The first-order chi connectivity index (χ1) is 12.3. The van der Waals surface area contributed by atoms with Gasteiger partial charge in [0.05, 0.1) is 34.5 Å². The molecule has 2 aromatic rings. The van der Waals surface area contributed by atoms with Gasteiger partial charge >= 0.3 is 0 Å². The number of morpholine rings is 1. The fraction of sp³-hybridized carbons (Fsp3) is 0.579. The predicted octanol–water partition coefficient (Wildman–Crippen LogP) is 3.95. The van der Waals surface area contributed by atoms with Crippen LogP contribution in [0.2, 0.25) is 0 Å². The number of hydrogen-bond acceptors (Lipinski definition) is 4. The van der Waals surface area contributed by atoms with Gasteiger partial charge in [-0.05, 0) is 36.6 Å². The number of rotatable bonds is 6. The van der Waals surface area contributed by atoms with Crippen LogP contribution in [0.3, 0.4) is 0 Å². The average molecular weight is 359 g/mol. The predicted molar refractivity (Wildman–Crippen MR) is 98.7 cm³/mol. The van der Waals surface area contributed by atoms with Gasteiger partial charge in [-0.2, -0.15) is 5.10 Å². The molecule has 2 aliphatic rings. The van der Waals surface area contributed by atoms with Crippen molar-refractivity contribution >= 4 is 17.2 Å². The zero-order chi connectivity index (χ0) is 17.2. The van der Waals surface area contributed by atoms with Crippen LogP contribution in [0.5, 0.6) is 0 Å². The van der Waals surface area contributed by atoms with Gasteiger partial charge in [-0.25, -0.2) is 0 Å². The summed E-state index contributed by atoms with van der Waals surface area (Å²) in [4.78, 5) is 16.2. The van der Waals surface area contributed by atoms with Crippen LogP contribution < -0.4 is 0 Å². The molecule has 1 aliphatic heterocycles. The van der Waals surface area contributed by atoms with Gasteiger partial charge in [-0.15, -0.1) is 11.3 Å². The minimum Gasteiger partial charge on any atom is -0.371 e. The molecule has 0 bridgehead atoms. The molecule has 0 radical (unpaired) electrons. The van der Waals surface area contributed by atoms with E-state index in [0.29, 0.717) is 24.6 Å². The summed E-state index contributed by atoms with van der Waals surface area (Å²) in [5, 5.41) is 9.15. The van der Waals surface area contributed by atoms with Crippen molar-refractivity contribution < 1.29 is 9.53 Å². The first-order valence-corrected chi connectivity index (χ1v) is 10.2. The van der Waals surface area contributed by atoms with E-state index in [9.17, 15) is 4.79 Å². The number of unbranched alkanes of at least 4 members (excludes halogenated alkanes) is 1. The molecule has 0 aromatic carbocycles. The molecule has 1 saturated carbocycles. The molecule has 1 saturated heterocycles. The van der Waals surface area contributed by atoms with Gasteiger partial charge in [-0.3, -0.25) is 9.89 Å². The summed E-state index contributed by atoms with van der Waals surface area (Å²) in [6, 6.07) is 4.01. The smallest absolute Gasteiger partial charge is 0.257 e. The van der Waals surface area contributed by atoms with E-state index in [2.05, 4.69) is 17.1 Å². The fourth-order valence-corrected chi connectivity index (χ4v) is 4.32. The molecule has 2 atom stereocenters. The van der Waals surface area contributed by atoms with Crippen molar-refractivity contribution in [2.45, 2.75) is 51.2 Å². The number of amides is 1.